The van der Waals surface area contributed by atoms with Gasteiger partial charge < -0.3 is 24.9 Å². The van der Waals surface area contributed by atoms with Crippen molar-refractivity contribution >= 4 is 26.3 Å². The molecular formula is C24H40N2O6Si. The molecule has 0 spiro atoms. The molecule has 0 heterocycles. The first-order valence-corrected chi connectivity index (χ1v) is 14.4. The first-order valence-electron chi connectivity index (χ1n) is 11.5. The number of alkyl carbamates (subject to hydrolysis) is 1. The minimum atomic E-state index is -1.96. The average Bonchev–Trinajstić information content (AvgIpc) is 2.73. The number of unbranched alkanes of at least 4 members (excludes halogenated alkanes) is 2. The lowest BCUT2D eigenvalue weighted by molar-refractivity contribution is -0.142. The van der Waals surface area contributed by atoms with Crippen LogP contribution in [0.4, 0.5) is 4.79 Å². The zero-order valence-corrected chi connectivity index (χ0v) is 21.6. The number of hydrogen-bond acceptors (Lipinski definition) is 5. The van der Waals surface area contributed by atoms with E-state index in [4.69, 9.17) is 9.16 Å². The van der Waals surface area contributed by atoms with Gasteiger partial charge in [0, 0.05) is 26.0 Å². The second kappa shape index (κ2) is 14.0. The van der Waals surface area contributed by atoms with Crippen molar-refractivity contribution in [2.75, 3.05) is 13.2 Å². The predicted molar refractivity (Wildman–Crippen MR) is 130 cm³/mol. The summed E-state index contributed by atoms with van der Waals surface area (Å²) in [5.74, 6) is -1.34. The smallest absolute Gasteiger partial charge is 0.407 e. The Balaban J connectivity index is 2.18. The standard InChI is InChI=1S/C24H40N2O6Si/c1-24(2,3)33(4,5)32-17-15-20(22(28)29)26-21(27)14-10-7-11-16-25-23(30)31-18-19-12-8-6-9-13-19/h6,8-9,12-13,20H,7,10-11,14-18H2,1-5H3,(H,25,30)(H,26,27)(H,28,29)/t20-/m1/s1. The van der Waals surface area contributed by atoms with Gasteiger partial charge in [0.05, 0.1) is 0 Å². The summed E-state index contributed by atoms with van der Waals surface area (Å²) >= 11 is 0. The highest BCUT2D eigenvalue weighted by atomic mass is 28.4. The zero-order chi connectivity index (χ0) is 24.9. The van der Waals surface area contributed by atoms with Crippen LogP contribution < -0.4 is 10.6 Å². The molecule has 0 bridgehead atoms. The van der Waals surface area contributed by atoms with E-state index < -0.39 is 26.4 Å². The number of rotatable bonds is 14. The number of ether oxygens (including phenoxy) is 1. The number of hydrogen-bond donors (Lipinski definition) is 3. The van der Waals surface area contributed by atoms with Crippen molar-refractivity contribution in [2.45, 2.75) is 83.7 Å². The molecule has 9 heteroatoms. The summed E-state index contributed by atoms with van der Waals surface area (Å²) in [5.41, 5.74) is 0.921. The molecule has 0 saturated heterocycles. The summed E-state index contributed by atoms with van der Waals surface area (Å²) < 4.78 is 11.2. The summed E-state index contributed by atoms with van der Waals surface area (Å²) in [6.45, 7) is 11.6. The lowest BCUT2D eigenvalue weighted by atomic mass is 10.1. The summed E-state index contributed by atoms with van der Waals surface area (Å²) in [4.78, 5) is 35.3. The van der Waals surface area contributed by atoms with E-state index in [2.05, 4.69) is 44.5 Å². The fraction of sp³-hybridized carbons (Fsp3) is 0.625. The van der Waals surface area contributed by atoms with Crippen molar-refractivity contribution in [3.63, 3.8) is 0 Å². The van der Waals surface area contributed by atoms with Gasteiger partial charge in [-0.2, -0.15) is 0 Å². The van der Waals surface area contributed by atoms with Crippen LogP contribution in [0.1, 0.15) is 58.4 Å². The minimum absolute atomic E-state index is 0.0441. The van der Waals surface area contributed by atoms with Crippen LogP contribution in [0.3, 0.4) is 0 Å². The number of carbonyl (C=O) groups is 3. The maximum atomic E-state index is 12.1. The summed E-state index contributed by atoms with van der Waals surface area (Å²) in [5, 5.41) is 14.7. The molecular weight excluding hydrogens is 440 g/mol. The summed E-state index contributed by atoms with van der Waals surface area (Å²) in [6, 6.07) is 8.48. The van der Waals surface area contributed by atoms with E-state index in [1.165, 1.54) is 0 Å². The summed E-state index contributed by atoms with van der Waals surface area (Å²) in [6.07, 6.45) is 2.06. The molecule has 33 heavy (non-hydrogen) atoms. The SMILES string of the molecule is CC(C)(C)[Si](C)(C)OCC[C@@H](NC(=O)CCCCCNC(=O)OCc1ccccc1)C(=O)O. The quantitative estimate of drug-likeness (QED) is 0.268. The minimum Gasteiger partial charge on any atom is -0.480 e. The van der Waals surface area contributed by atoms with Gasteiger partial charge in [0.2, 0.25) is 5.91 Å². The molecule has 0 aromatic heterocycles. The fourth-order valence-electron chi connectivity index (χ4n) is 2.72. The molecule has 0 radical (unpaired) electrons. The van der Waals surface area contributed by atoms with Crippen LogP contribution in [0.5, 0.6) is 0 Å². The molecule has 1 aromatic rings. The molecule has 1 aromatic carbocycles. The Morgan fingerprint density at radius 1 is 1.06 bits per heavy atom. The highest BCUT2D eigenvalue weighted by Gasteiger charge is 2.37. The Kier molecular flexibility index (Phi) is 12.1. The Bertz CT molecular complexity index is 749. The van der Waals surface area contributed by atoms with Gasteiger partial charge in [-0.3, -0.25) is 4.79 Å². The molecule has 0 fully saturated rings. The summed E-state index contributed by atoms with van der Waals surface area (Å²) in [7, 11) is -1.96. The van der Waals surface area contributed by atoms with Crippen molar-refractivity contribution in [1.82, 2.24) is 10.6 Å². The average molecular weight is 481 g/mol. The second-order valence-corrected chi connectivity index (χ2v) is 14.5. The van der Waals surface area contributed by atoms with Crippen LogP contribution in [-0.2, 0) is 25.4 Å². The molecule has 2 amide bonds. The number of carboxylic acid groups (broad SMARTS) is 1. The molecule has 0 aliphatic carbocycles. The number of amides is 2. The third-order valence-electron chi connectivity index (χ3n) is 5.87. The Hall–Kier alpha value is -2.39. The van der Waals surface area contributed by atoms with Crippen molar-refractivity contribution < 1.29 is 28.7 Å². The molecule has 186 valence electrons. The molecule has 0 aliphatic rings. The van der Waals surface area contributed by atoms with Gasteiger partial charge in [-0.05, 0) is 36.5 Å². The molecule has 0 aliphatic heterocycles. The van der Waals surface area contributed by atoms with Crippen molar-refractivity contribution in [3.8, 4) is 0 Å². The van der Waals surface area contributed by atoms with Crippen LogP contribution in [0.25, 0.3) is 0 Å². The molecule has 8 nitrogen and oxygen atoms in total. The Labute approximate surface area is 198 Å². The first kappa shape index (κ1) is 28.6. The van der Waals surface area contributed by atoms with Crippen LogP contribution in [0.2, 0.25) is 18.1 Å². The number of aliphatic carboxylic acids is 1. The Morgan fingerprint density at radius 3 is 2.33 bits per heavy atom. The van der Waals surface area contributed by atoms with Gasteiger partial charge in [-0.1, -0.05) is 57.5 Å². The van der Waals surface area contributed by atoms with Crippen molar-refractivity contribution in [2.24, 2.45) is 0 Å². The molecule has 1 atom stereocenters. The lowest BCUT2D eigenvalue weighted by Gasteiger charge is -2.36. The third kappa shape index (κ3) is 11.9. The van der Waals surface area contributed by atoms with E-state index in [0.29, 0.717) is 26.0 Å². The largest absolute Gasteiger partial charge is 0.480 e. The van der Waals surface area contributed by atoms with E-state index in [-0.39, 0.29) is 30.4 Å². The maximum absolute atomic E-state index is 12.1. The number of carboxylic acids is 1. The topological polar surface area (TPSA) is 114 Å². The van der Waals surface area contributed by atoms with Gasteiger partial charge >= 0.3 is 12.1 Å². The van der Waals surface area contributed by atoms with Crippen molar-refractivity contribution in [3.05, 3.63) is 35.9 Å². The first-order chi connectivity index (χ1) is 15.4. The molecule has 0 unspecified atom stereocenters. The fourth-order valence-corrected chi connectivity index (χ4v) is 3.79. The van der Waals surface area contributed by atoms with Crippen LogP contribution in [-0.4, -0.2) is 50.6 Å². The number of carbonyl (C=O) groups excluding carboxylic acids is 2. The van der Waals surface area contributed by atoms with E-state index in [0.717, 1.165) is 12.0 Å². The van der Waals surface area contributed by atoms with Gasteiger partial charge in [0.25, 0.3) is 0 Å². The van der Waals surface area contributed by atoms with E-state index in [1.807, 2.05) is 30.3 Å². The second-order valence-electron chi connectivity index (χ2n) is 9.65. The monoisotopic (exact) mass is 480 g/mol. The predicted octanol–water partition coefficient (Wildman–Crippen LogP) is 4.45. The molecule has 1 rings (SSSR count). The Morgan fingerprint density at radius 2 is 1.73 bits per heavy atom. The van der Waals surface area contributed by atoms with E-state index in [9.17, 15) is 19.5 Å². The van der Waals surface area contributed by atoms with E-state index >= 15 is 0 Å². The number of benzene rings is 1. The van der Waals surface area contributed by atoms with Gasteiger partial charge in [-0.15, -0.1) is 0 Å². The van der Waals surface area contributed by atoms with Gasteiger partial charge in [-0.25, -0.2) is 9.59 Å². The highest BCUT2D eigenvalue weighted by molar-refractivity contribution is 6.74. The molecule has 0 saturated carbocycles. The maximum Gasteiger partial charge on any atom is 0.407 e. The highest BCUT2D eigenvalue weighted by Crippen LogP contribution is 2.36. The number of nitrogens with one attached hydrogen (secondary N) is 2. The third-order valence-corrected chi connectivity index (χ3v) is 10.4. The van der Waals surface area contributed by atoms with Gasteiger partial charge in [0.15, 0.2) is 8.32 Å². The van der Waals surface area contributed by atoms with E-state index in [1.54, 1.807) is 0 Å². The lowest BCUT2D eigenvalue weighted by Crippen LogP contribution is -2.44. The normalized spacial score (nSPS) is 12.6. The van der Waals surface area contributed by atoms with Crippen LogP contribution >= 0.6 is 0 Å². The van der Waals surface area contributed by atoms with Crippen LogP contribution in [0, 0.1) is 0 Å². The van der Waals surface area contributed by atoms with Gasteiger partial charge in [0.1, 0.15) is 12.6 Å². The zero-order valence-electron chi connectivity index (χ0n) is 20.6. The van der Waals surface area contributed by atoms with Crippen LogP contribution in [0.15, 0.2) is 30.3 Å². The molecule has 3 N–H and O–H groups in total. The van der Waals surface area contributed by atoms with Crippen molar-refractivity contribution in [1.29, 1.82) is 0 Å².